The van der Waals surface area contributed by atoms with Crippen LogP contribution in [0.15, 0.2) is 46.0 Å². The van der Waals surface area contributed by atoms with Crippen LogP contribution in [-0.4, -0.2) is 51.3 Å². The molecule has 1 fully saturated rings. The number of rotatable bonds is 8. The highest BCUT2D eigenvalue weighted by Gasteiger charge is 2.25. The summed E-state index contributed by atoms with van der Waals surface area (Å²) >= 11 is 0. The molecule has 2 N–H and O–H groups in total. The molecule has 2 heterocycles. The second-order valence-electron chi connectivity index (χ2n) is 6.69. The van der Waals surface area contributed by atoms with E-state index in [1.807, 2.05) is 30.3 Å². The minimum Gasteiger partial charge on any atom is -0.493 e. The van der Waals surface area contributed by atoms with Crippen LogP contribution in [-0.2, 0) is 0 Å². The van der Waals surface area contributed by atoms with Crippen LogP contribution in [0.1, 0.15) is 31.6 Å². The van der Waals surface area contributed by atoms with Crippen molar-refractivity contribution in [3.63, 3.8) is 0 Å². The molecule has 1 aromatic carbocycles. The van der Waals surface area contributed by atoms with E-state index >= 15 is 0 Å². The van der Waals surface area contributed by atoms with Crippen LogP contribution in [0.4, 0.5) is 5.69 Å². The number of hydrogen-bond acceptors (Lipinski definition) is 5. The molecule has 0 bridgehead atoms. The van der Waals surface area contributed by atoms with E-state index < -0.39 is 0 Å². The van der Waals surface area contributed by atoms with Gasteiger partial charge >= 0.3 is 0 Å². The molecule has 0 aliphatic carbocycles. The van der Waals surface area contributed by atoms with Crippen molar-refractivity contribution in [3.8, 4) is 11.5 Å². The van der Waals surface area contributed by atoms with Gasteiger partial charge in [0.25, 0.3) is 0 Å². The largest absolute Gasteiger partial charge is 0.493 e. The molecule has 1 aliphatic heterocycles. The van der Waals surface area contributed by atoms with E-state index in [0.717, 1.165) is 37.0 Å². The van der Waals surface area contributed by atoms with Gasteiger partial charge in [-0.2, -0.15) is 0 Å². The van der Waals surface area contributed by atoms with E-state index in [0.29, 0.717) is 18.0 Å². The van der Waals surface area contributed by atoms with E-state index in [9.17, 15) is 0 Å². The number of methoxy groups -OCH3 is 2. The second kappa shape index (κ2) is 11.9. The summed E-state index contributed by atoms with van der Waals surface area (Å²) in [6.07, 6.45) is 4.19. The Morgan fingerprint density at radius 3 is 2.55 bits per heavy atom. The Balaban J connectivity index is 0.00000300. The zero-order valence-corrected chi connectivity index (χ0v) is 19.6. The fourth-order valence-corrected chi connectivity index (χ4v) is 3.46. The van der Waals surface area contributed by atoms with Gasteiger partial charge in [0.05, 0.1) is 33.1 Å². The van der Waals surface area contributed by atoms with Crippen molar-refractivity contribution in [2.45, 2.75) is 25.8 Å². The van der Waals surface area contributed by atoms with E-state index in [1.54, 1.807) is 20.5 Å². The molecule has 0 saturated carbocycles. The smallest absolute Gasteiger partial charge is 0.195 e. The number of anilines is 1. The van der Waals surface area contributed by atoms with Crippen molar-refractivity contribution in [1.29, 1.82) is 0 Å². The number of furan rings is 1. The Hall–Kier alpha value is -1.94. The highest BCUT2D eigenvalue weighted by Crippen LogP contribution is 2.30. The zero-order chi connectivity index (χ0) is 19.8. The van der Waals surface area contributed by atoms with Crippen molar-refractivity contribution in [2.75, 3.05) is 45.7 Å². The third kappa shape index (κ3) is 6.27. The van der Waals surface area contributed by atoms with Crippen molar-refractivity contribution in [1.82, 2.24) is 10.2 Å². The molecule has 7 nitrogen and oxygen atoms in total. The van der Waals surface area contributed by atoms with Gasteiger partial charge in [0.1, 0.15) is 5.76 Å². The van der Waals surface area contributed by atoms with E-state index in [1.165, 1.54) is 12.8 Å². The maximum Gasteiger partial charge on any atom is 0.195 e. The van der Waals surface area contributed by atoms with Gasteiger partial charge in [0.15, 0.2) is 17.5 Å². The van der Waals surface area contributed by atoms with Crippen LogP contribution in [0, 0.1) is 0 Å². The Labute approximate surface area is 189 Å². The van der Waals surface area contributed by atoms with Gasteiger partial charge in [-0.05, 0) is 57.1 Å². The molecule has 1 aromatic heterocycles. The number of aliphatic imine (C=N–C) groups is 1. The quantitative estimate of drug-likeness (QED) is 0.314. The first kappa shape index (κ1) is 23.3. The van der Waals surface area contributed by atoms with Crippen molar-refractivity contribution < 1.29 is 13.9 Å². The summed E-state index contributed by atoms with van der Waals surface area (Å²) in [5.41, 5.74) is 0.882. The Morgan fingerprint density at radius 2 is 1.93 bits per heavy atom. The van der Waals surface area contributed by atoms with Gasteiger partial charge in [-0.3, -0.25) is 9.89 Å². The van der Waals surface area contributed by atoms with Gasteiger partial charge in [-0.15, -0.1) is 24.0 Å². The average molecular weight is 514 g/mol. The SMILES string of the molecule is CCNC(=NCC(c1ccco1)N1CCCC1)Nc1ccc(OC)c(OC)c1.I. The van der Waals surface area contributed by atoms with Crippen molar-refractivity contribution in [2.24, 2.45) is 4.99 Å². The minimum absolute atomic E-state index is 0. The Morgan fingerprint density at radius 1 is 1.17 bits per heavy atom. The first-order chi connectivity index (χ1) is 13.7. The highest BCUT2D eigenvalue weighted by atomic mass is 127. The van der Waals surface area contributed by atoms with E-state index in [4.69, 9.17) is 18.9 Å². The summed E-state index contributed by atoms with van der Waals surface area (Å²) < 4.78 is 16.4. The van der Waals surface area contributed by atoms with Crippen LogP contribution >= 0.6 is 24.0 Å². The zero-order valence-electron chi connectivity index (χ0n) is 17.3. The molecule has 1 aliphatic rings. The molecule has 2 aromatic rings. The molecule has 1 atom stereocenters. The molecule has 8 heteroatoms. The number of hydrogen-bond donors (Lipinski definition) is 2. The monoisotopic (exact) mass is 514 g/mol. The first-order valence-electron chi connectivity index (χ1n) is 9.80. The molecule has 0 radical (unpaired) electrons. The van der Waals surface area contributed by atoms with Crippen LogP contribution in [0.5, 0.6) is 11.5 Å². The molecular formula is C21H31IN4O3. The topological polar surface area (TPSA) is 71.3 Å². The molecule has 0 spiro atoms. The predicted octanol–water partition coefficient (Wildman–Crippen LogP) is 4.13. The molecule has 160 valence electrons. The summed E-state index contributed by atoms with van der Waals surface area (Å²) in [4.78, 5) is 7.28. The minimum atomic E-state index is 0. The molecule has 1 saturated heterocycles. The average Bonchev–Trinajstić information content (AvgIpc) is 3.43. The number of guanidine groups is 1. The molecule has 29 heavy (non-hydrogen) atoms. The number of benzene rings is 1. The van der Waals surface area contributed by atoms with Crippen molar-refractivity contribution >= 4 is 35.6 Å². The van der Waals surface area contributed by atoms with Crippen LogP contribution in [0.3, 0.4) is 0 Å². The lowest BCUT2D eigenvalue weighted by molar-refractivity contribution is 0.221. The lowest BCUT2D eigenvalue weighted by atomic mass is 10.2. The summed E-state index contributed by atoms with van der Waals surface area (Å²) in [7, 11) is 3.26. The summed E-state index contributed by atoms with van der Waals surface area (Å²) in [6.45, 7) is 5.61. The third-order valence-corrected chi connectivity index (χ3v) is 4.87. The Bertz CT molecular complexity index is 761. The van der Waals surface area contributed by atoms with Gasteiger partial charge in [0.2, 0.25) is 0 Å². The van der Waals surface area contributed by atoms with Gasteiger partial charge in [-0.25, -0.2) is 0 Å². The second-order valence-corrected chi connectivity index (χ2v) is 6.69. The highest BCUT2D eigenvalue weighted by molar-refractivity contribution is 14.0. The number of ether oxygens (including phenoxy) is 2. The lowest BCUT2D eigenvalue weighted by Gasteiger charge is -2.24. The summed E-state index contributed by atoms with van der Waals surface area (Å²) in [6, 6.07) is 9.84. The lowest BCUT2D eigenvalue weighted by Crippen LogP contribution is -2.33. The summed E-state index contributed by atoms with van der Waals surface area (Å²) in [5.74, 6) is 3.06. The number of nitrogens with one attached hydrogen (secondary N) is 2. The predicted molar refractivity (Wildman–Crippen MR) is 127 cm³/mol. The van der Waals surface area contributed by atoms with Gasteiger partial charge in [-0.1, -0.05) is 0 Å². The number of halogens is 1. The fourth-order valence-electron chi connectivity index (χ4n) is 3.46. The van der Waals surface area contributed by atoms with Crippen LogP contribution in [0.2, 0.25) is 0 Å². The maximum absolute atomic E-state index is 5.69. The normalized spacial score (nSPS) is 15.5. The Kier molecular flexibility index (Phi) is 9.59. The molecule has 1 unspecified atom stereocenters. The van der Waals surface area contributed by atoms with Crippen LogP contribution in [0.25, 0.3) is 0 Å². The number of likely N-dealkylation sites (tertiary alicyclic amines) is 1. The third-order valence-electron chi connectivity index (χ3n) is 4.87. The molecule has 3 rings (SSSR count). The first-order valence-corrected chi connectivity index (χ1v) is 9.80. The van der Waals surface area contributed by atoms with E-state index in [-0.39, 0.29) is 30.0 Å². The molecular weight excluding hydrogens is 483 g/mol. The maximum atomic E-state index is 5.69. The number of nitrogens with zero attached hydrogens (tertiary/aromatic N) is 2. The molecule has 0 amide bonds. The van der Waals surface area contributed by atoms with Crippen LogP contribution < -0.4 is 20.1 Å². The fraction of sp³-hybridized carbons (Fsp3) is 0.476. The summed E-state index contributed by atoms with van der Waals surface area (Å²) in [5, 5.41) is 6.66. The van der Waals surface area contributed by atoms with Gasteiger partial charge < -0.3 is 24.5 Å². The van der Waals surface area contributed by atoms with E-state index in [2.05, 4.69) is 22.5 Å². The van der Waals surface area contributed by atoms with Crippen molar-refractivity contribution in [3.05, 3.63) is 42.4 Å². The standard InChI is InChI=1S/C21H30N4O3.HI/c1-4-22-21(24-16-9-10-19(26-2)20(14-16)27-3)23-15-17(18-8-7-13-28-18)25-11-5-6-12-25;/h7-10,13-14,17H,4-6,11-12,15H2,1-3H3,(H2,22,23,24);1H. The van der Waals surface area contributed by atoms with Gasteiger partial charge in [0, 0.05) is 18.3 Å².